The molecule has 124 valence electrons. The first kappa shape index (κ1) is 16.3. The molecule has 0 aliphatic heterocycles. The number of aromatic nitrogens is 2. The highest BCUT2D eigenvalue weighted by Gasteiger charge is 2.12. The number of nitrogens with zero attached hydrogens (tertiary/aromatic N) is 2. The van der Waals surface area contributed by atoms with Gasteiger partial charge in [-0.05, 0) is 12.5 Å². The molecule has 6 heteroatoms. The highest BCUT2D eigenvalue weighted by molar-refractivity contribution is 5.75. The van der Waals surface area contributed by atoms with Crippen molar-refractivity contribution in [2.75, 3.05) is 18.5 Å². The highest BCUT2D eigenvalue weighted by atomic mass is 19.2. The predicted octanol–water partition coefficient (Wildman–Crippen LogP) is 4.10. The summed E-state index contributed by atoms with van der Waals surface area (Å²) in [4.78, 5) is 8.37. The molecule has 1 heterocycles. The van der Waals surface area contributed by atoms with Crippen LogP contribution in [0.1, 0.15) is 18.6 Å². The van der Waals surface area contributed by atoms with Gasteiger partial charge in [-0.2, -0.15) is 0 Å². The van der Waals surface area contributed by atoms with Crippen molar-refractivity contribution in [1.82, 2.24) is 9.97 Å². The maximum absolute atomic E-state index is 13.3. The summed E-state index contributed by atoms with van der Waals surface area (Å²) in [6.45, 7) is 3.00. The lowest BCUT2D eigenvalue weighted by Gasteiger charge is -2.18. The molecular formula is C18H17F2N3O. The Kier molecular flexibility index (Phi) is 4.96. The van der Waals surface area contributed by atoms with Crippen LogP contribution >= 0.6 is 0 Å². The van der Waals surface area contributed by atoms with Gasteiger partial charge in [0.2, 0.25) is 0 Å². The Morgan fingerprint density at radius 2 is 1.79 bits per heavy atom. The van der Waals surface area contributed by atoms with Crippen LogP contribution in [0.3, 0.4) is 0 Å². The topological polar surface area (TPSA) is 47.0 Å². The first-order valence-corrected chi connectivity index (χ1v) is 7.69. The second kappa shape index (κ2) is 7.31. The fourth-order valence-electron chi connectivity index (χ4n) is 2.43. The Morgan fingerprint density at radius 1 is 1.08 bits per heavy atom. The minimum absolute atomic E-state index is 0.140. The Bertz CT molecular complexity index is 827. The molecule has 0 fully saturated rings. The molecule has 0 amide bonds. The molecule has 0 saturated heterocycles. The Labute approximate surface area is 138 Å². The van der Waals surface area contributed by atoms with E-state index in [0.717, 1.165) is 17.7 Å². The number of hydrogen-bond donors (Lipinski definition) is 1. The second-order valence-corrected chi connectivity index (χ2v) is 5.25. The molecule has 1 unspecified atom stereocenters. The normalized spacial score (nSPS) is 12.3. The van der Waals surface area contributed by atoms with Crippen LogP contribution in [0.2, 0.25) is 0 Å². The van der Waals surface area contributed by atoms with E-state index in [1.54, 1.807) is 0 Å². The first-order valence-electron chi connectivity index (χ1n) is 7.69. The van der Waals surface area contributed by atoms with Crippen molar-refractivity contribution in [1.29, 1.82) is 0 Å². The lowest BCUT2D eigenvalue weighted by Crippen LogP contribution is -2.16. The predicted molar refractivity (Wildman–Crippen MR) is 88.8 cm³/mol. The number of nitrogens with one attached hydrogen (secondary N) is 1. The summed E-state index contributed by atoms with van der Waals surface area (Å²) in [6, 6.07) is 11.9. The minimum atomic E-state index is -0.939. The van der Waals surface area contributed by atoms with Crippen LogP contribution in [-0.2, 0) is 4.74 Å². The van der Waals surface area contributed by atoms with Gasteiger partial charge >= 0.3 is 0 Å². The SMILES string of the molecule is CCOC(CNc1cnc2cc(F)c(F)cc2n1)c1ccccc1. The molecule has 0 aliphatic carbocycles. The van der Waals surface area contributed by atoms with E-state index in [1.165, 1.54) is 6.20 Å². The van der Waals surface area contributed by atoms with Gasteiger partial charge in [0.1, 0.15) is 5.82 Å². The van der Waals surface area contributed by atoms with E-state index in [2.05, 4.69) is 15.3 Å². The zero-order valence-electron chi connectivity index (χ0n) is 13.2. The maximum Gasteiger partial charge on any atom is 0.161 e. The Balaban J connectivity index is 1.77. The summed E-state index contributed by atoms with van der Waals surface area (Å²) in [5.74, 6) is -1.39. The van der Waals surface area contributed by atoms with Crippen molar-refractivity contribution in [3.63, 3.8) is 0 Å². The van der Waals surface area contributed by atoms with Gasteiger partial charge in [-0.25, -0.2) is 13.8 Å². The summed E-state index contributed by atoms with van der Waals surface area (Å²) in [5.41, 5.74) is 1.66. The number of hydrogen-bond acceptors (Lipinski definition) is 4. The average molecular weight is 329 g/mol. The zero-order chi connectivity index (χ0) is 16.9. The van der Waals surface area contributed by atoms with E-state index in [1.807, 2.05) is 37.3 Å². The van der Waals surface area contributed by atoms with Crippen LogP contribution in [0, 0.1) is 11.6 Å². The minimum Gasteiger partial charge on any atom is -0.372 e. The molecule has 0 spiro atoms. The third-order valence-electron chi connectivity index (χ3n) is 3.59. The molecule has 4 nitrogen and oxygen atoms in total. The summed E-state index contributed by atoms with van der Waals surface area (Å²) < 4.78 is 32.3. The van der Waals surface area contributed by atoms with Crippen LogP contribution in [0.4, 0.5) is 14.6 Å². The van der Waals surface area contributed by atoms with Crippen LogP contribution in [0.5, 0.6) is 0 Å². The van der Waals surface area contributed by atoms with Gasteiger partial charge < -0.3 is 10.1 Å². The second-order valence-electron chi connectivity index (χ2n) is 5.25. The van der Waals surface area contributed by atoms with Crippen molar-refractivity contribution in [3.8, 4) is 0 Å². The molecular weight excluding hydrogens is 312 g/mol. The van der Waals surface area contributed by atoms with Gasteiger partial charge in [0.25, 0.3) is 0 Å². The molecule has 1 N–H and O–H groups in total. The fourth-order valence-corrected chi connectivity index (χ4v) is 2.43. The van der Waals surface area contributed by atoms with E-state index < -0.39 is 11.6 Å². The first-order chi connectivity index (χ1) is 11.7. The van der Waals surface area contributed by atoms with E-state index in [9.17, 15) is 8.78 Å². The van der Waals surface area contributed by atoms with Gasteiger partial charge in [-0.3, -0.25) is 4.98 Å². The van der Waals surface area contributed by atoms with Crippen LogP contribution in [0.15, 0.2) is 48.7 Å². The lowest BCUT2D eigenvalue weighted by atomic mass is 10.1. The standard InChI is InChI=1S/C18H17F2N3O/c1-2-24-17(12-6-4-3-5-7-12)10-22-18-11-21-15-8-13(19)14(20)9-16(15)23-18/h3-9,11,17H,2,10H2,1H3,(H,22,23). The van der Waals surface area contributed by atoms with Gasteiger partial charge in [-0.1, -0.05) is 30.3 Å². The molecule has 3 rings (SSSR count). The third kappa shape index (κ3) is 3.65. The number of benzene rings is 2. The number of anilines is 1. The Hall–Kier alpha value is -2.60. The molecule has 2 aromatic carbocycles. The molecule has 24 heavy (non-hydrogen) atoms. The largest absolute Gasteiger partial charge is 0.372 e. The quantitative estimate of drug-likeness (QED) is 0.740. The lowest BCUT2D eigenvalue weighted by molar-refractivity contribution is 0.0718. The van der Waals surface area contributed by atoms with Crippen molar-refractivity contribution in [3.05, 3.63) is 65.9 Å². The van der Waals surface area contributed by atoms with Gasteiger partial charge in [0.05, 0.1) is 23.3 Å². The molecule has 0 saturated carbocycles. The van der Waals surface area contributed by atoms with Gasteiger partial charge in [0.15, 0.2) is 11.6 Å². The molecule has 0 radical (unpaired) electrons. The van der Waals surface area contributed by atoms with E-state index >= 15 is 0 Å². The maximum atomic E-state index is 13.3. The summed E-state index contributed by atoms with van der Waals surface area (Å²) in [7, 11) is 0. The Morgan fingerprint density at radius 3 is 2.50 bits per heavy atom. The highest BCUT2D eigenvalue weighted by Crippen LogP contribution is 2.20. The fraction of sp³-hybridized carbons (Fsp3) is 0.222. The monoisotopic (exact) mass is 329 g/mol. The van der Waals surface area contributed by atoms with Gasteiger partial charge in [-0.15, -0.1) is 0 Å². The number of fused-ring (bicyclic) bond motifs is 1. The number of halogens is 2. The molecule has 1 atom stereocenters. The molecule has 0 aliphatic rings. The van der Waals surface area contributed by atoms with E-state index in [-0.39, 0.29) is 6.10 Å². The van der Waals surface area contributed by atoms with E-state index in [4.69, 9.17) is 4.74 Å². The van der Waals surface area contributed by atoms with Crippen LogP contribution in [-0.4, -0.2) is 23.1 Å². The number of rotatable bonds is 6. The summed E-state index contributed by atoms with van der Waals surface area (Å²) in [5, 5.41) is 3.14. The van der Waals surface area contributed by atoms with Crippen molar-refractivity contribution in [2.45, 2.75) is 13.0 Å². The third-order valence-corrected chi connectivity index (χ3v) is 3.59. The van der Waals surface area contributed by atoms with Crippen molar-refractivity contribution < 1.29 is 13.5 Å². The van der Waals surface area contributed by atoms with Crippen molar-refractivity contribution >= 4 is 16.9 Å². The van der Waals surface area contributed by atoms with Crippen LogP contribution < -0.4 is 5.32 Å². The smallest absolute Gasteiger partial charge is 0.161 e. The summed E-state index contributed by atoms with van der Waals surface area (Å²) in [6.07, 6.45) is 1.35. The molecule has 3 aromatic rings. The van der Waals surface area contributed by atoms with E-state index in [0.29, 0.717) is 30.0 Å². The van der Waals surface area contributed by atoms with Gasteiger partial charge in [0, 0.05) is 25.3 Å². The summed E-state index contributed by atoms with van der Waals surface area (Å²) >= 11 is 0. The molecule has 0 bridgehead atoms. The van der Waals surface area contributed by atoms with Crippen LogP contribution in [0.25, 0.3) is 11.0 Å². The van der Waals surface area contributed by atoms with Crippen molar-refractivity contribution in [2.24, 2.45) is 0 Å². The number of ether oxygens (including phenoxy) is 1. The zero-order valence-corrected chi connectivity index (χ0v) is 13.2. The molecule has 1 aromatic heterocycles. The average Bonchev–Trinajstić information content (AvgIpc) is 2.60.